The highest BCUT2D eigenvalue weighted by Gasteiger charge is 2.26. The van der Waals surface area contributed by atoms with E-state index in [0.717, 1.165) is 37.2 Å². The van der Waals surface area contributed by atoms with Crippen molar-refractivity contribution in [3.05, 3.63) is 22.4 Å². The molecule has 2 rings (SSSR count). The standard InChI is InChI=1S/C16H24N2O3S.ClH/c1-12(19)21-9-6-13-4-7-18(8-5-13)16(20)15(17)11-14-3-2-10-22-14;/h2-3,10,13,15H,4-9,11,17H2,1H3;1H. The fourth-order valence-corrected chi connectivity index (χ4v) is 3.54. The van der Waals surface area contributed by atoms with Gasteiger partial charge in [0.15, 0.2) is 0 Å². The van der Waals surface area contributed by atoms with E-state index in [4.69, 9.17) is 10.5 Å². The van der Waals surface area contributed by atoms with Crippen LogP contribution in [0.1, 0.15) is 31.1 Å². The van der Waals surface area contributed by atoms with Crippen LogP contribution in [0, 0.1) is 5.92 Å². The zero-order chi connectivity index (χ0) is 15.9. The Kier molecular flexibility index (Phi) is 8.58. The van der Waals surface area contributed by atoms with E-state index >= 15 is 0 Å². The minimum Gasteiger partial charge on any atom is -0.466 e. The van der Waals surface area contributed by atoms with Gasteiger partial charge >= 0.3 is 5.97 Å². The van der Waals surface area contributed by atoms with Crippen molar-refractivity contribution in [3.8, 4) is 0 Å². The second-order valence-electron chi connectivity index (χ2n) is 5.79. The lowest BCUT2D eigenvalue weighted by Gasteiger charge is -2.33. The number of ether oxygens (including phenoxy) is 1. The molecule has 1 atom stereocenters. The number of hydrogen-bond acceptors (Lipinski definition) is 5. The summed E-state index contributed by atoms with van der Waals surface area (Å²) >= 11 is 1.63. The quantitative estimate of drug-likeness (QED) is 0.789. The molecule has 1 aromatic heterocycles. The number of nitrogens with zero attached hydrogens (tertiary/aromatic N) is 1. The van der Waals surface area contributed by atoms with Crippen LogP contribution in [-0.4, -0.2) is 42.5 Å². The zero-order valence-electron chi connectivity index (χ0n) is 13.4. The summed E-state index contributed by atoms with van der Waals surface area (Å²) in [6.45, 7) is 3.41. The molecule has 23 heavy (non-hydrogen) atoms. The smallest absolute Gasteiger partial charge is 0.302 e. The SMILES string of the molecule is CC(=O)OCCC1CCN(C(=O)C(N)Cc2cccs2)CC1.Cl. The highest BCUT2D eigenvalue weighted by Crippen LogP contribution is 2.21. The fraction of sp³-hybridized carbons (Fsp3) is 0.625. The van der Waals surface area contributed by atoms with Crippen LogP contribution >= 0.6 is 23.7 Å². The molecule has 0 aliphatic carbocycles. The van der Waals surface area contributed by atoms with Crippen molar-refractivity contribution >= 4 is 35.6 Å². The number of carbonyl (C=O) groups is 2. The Labute approximate surface area is 147 Å². The number of carbonyl (C=O) groups excluding carboxylic acids is 2. The highest BCUT2D eigenvalue weighted by atomic mass is 35.5. The van der Waals surface area contributed by atoms with E-state index in [1.807, 2.05) is 22.4 Å². The molecule has 0 saturated carbocycles. The summed E-state index contributed by atoms with van der Waals surface area (Å²) < 4.78 is 4.98. The van der Waals surface area contributed by atoms with Crippen molar-refractivity contribution in [1.82, 2.24) is 4.90 Å². The predicted molar refractivity (Wildman–Crippen MR) is 93.8 cm³/mol. The van der Waals surface area contributed by atoms with Gasteiger partial charge in [-0.3, -0.25) is 9.59 Å². The molecule has 2 N–H and O–H groups in total. The minimum atomic E-state index is -0.448. The Morgan fingerprint density at radius 3 is 2.70 bits per heavy atom. The normalized spacial score (nSPS) is 16.5. The number of halogens is 1. The average molecular weight is 361 g/mol. The van der Waals surface area contributed by atoms with Crippen LogP contribution < -0.4 is 5.73 Å². The van der Waals surface area contributed by atoms with E-state index in [1.54, 1.807) is 11.3 Å². The molecule has 7 heteroatoms. The molecule has 1 fully saturated rings. The first kappa shape index (κ1) is 19.9. The summed E-state index contributed by atoms with van der Waals surface area (Å²) in [4.78, 5) is 26.1. The van der Waals surface area contributed by atoms with Gasteiger partial charge in [-0.25, -0.2) is 0 Å². The molecule has 1 unspecified atom stereocenters. The lowest BCUT2D eigenvalue weighted by atomic mass is 9.93. The van der Waals surface area contributed by atoms with E-state index < -0.39 is 6.04 Å². The van der Waals surface area contributed by atoms with Crippen molar-refractivity contribution in [2.24, 2.45) is 11.7 Å². The number of esters is 1. The summed E-state index contributed by atoms with van der Waals surface area (Å²) in [5, 5.41) is 2.00. The number of likely N-dealkylation sites (tertiary alicyclic amines) is 1. The van der Waals surface area contributed by atoms with Crippen LogP contribution in [0.15, 0.2) is 17.5 Å². The number of amides is 1. The minimum absolute atomic E-state index is 0. The van der Waals surface area contributed by atoms with Gasteiger partial charge in [0.05, 0.1) is 12.6 Å². The Bertz CT molecular complexity index is 488. The van der Waals surface area contributed by atoms with Gasteiger partial charge in [0.1, 0.15) is 0 Å². The third-order valence-corrected chi connectivity index (χ3v) is 4.97. The van der Waals surface area contributed by atoms with Crippen molar-refractivity contribution in [3.63, 3.8) is 0 Å². The molecular formula is C16H25ClN2O3S. The van der Waals surface area contributed by atoms with Gasteiger partial charge in [0.2, 0.25) is 5.91 Å². The third-order valence-electron chi connectivity index (χ3n) is 4.08. The Morgan fingerprint density at radius 2 is 2.13 bits per heavy atom. The maximum Gasteiger partial charge on any atom is 0.302 e. The second-order valence-corrected chi connectivity index (χ2v) is 6.82. The van der Waals surface area contributed by atoms with Gasteiger partial charge in [0.25, 0.3) is 0 Å². The van der Waals surface area contributed by atoms with Crippen LogP contribution in [0.5, 0.6) is 0 Å². The number of hydrogen-bond donors (Lipinski definition) is 1. The maximum absolute atomic E-state index is 12.4. The molecule has 130 valence electrons. The number of piperidine rings is 1. The average Bonchev–Trinajstić information content (AvgIpc) is 3.00. The topological polar surface area (TPSA) is 72.6 Å². The summed E-state index contributed by atoms with van der Waals surface area (Å²) in [6, 6.07) is 3.54. The molecule has 1 aliphatic rings. The molecule has 1 saturated heterocycles. The second kappa shape index (κ2) is 9.90. The number of nitrogens with two attached hydrogens (primary N) is 1. The van der Waals surface area contributed by atoms with Crippen LogP contribution in [0.3, 0.4) is 0 Å². The summed E-state index contributed by atoms with van der Waals surface area (Å²) in [5.74, 6) is 0.343. The highest BCUT2D eigenvalue weighted by molar-refractivity contribution is 7.09. The van der Waals surface area contributed by atoms with Gasteiger partial charge in [-0.05, 0) is 36.6 Å². The largest absolute Gasteiger partial charge is 0.466 e. The van der Waals surface area contributed by atoms with E-state index in [-0.39, 0.29) is 24.3 Å². The maximum atomic E-state index is 12.4. The lowest BCUT2D eigenvalue weighted by Crippen LogP contribution is -2.48. The van der Waals surface area contributed by atoms with Gasteiger partial charge in [-0.1, -0.05) is 6.07 Å². The van der Waals surface area contributed by atoms with Gasteiger partial charge in [0, 0.05) is 31.3 Å². The first-order valence-electron chi connectivity index (χ1n) is 7.76. The summed E-state index contributed by atoms with van der Waals surface area (Å²) in [7, 11) is 0. The van der Waals surface area contributed by atoms with E-state index in [2.05, 4.69) is 0 Å². The van der Waals surface area contributed by atoms with Gasteiger partial charge in [-0.2, -0.15) is 0 Å². The van der Waals surface area contributed by atoms with Gasteiger partial charge in [-0.15, -0.1) is 23.7 Å². The Morgan fingerprint density at radius 1 is 1.43 bits per heavy atom. The lowest BCUT2D eigenvalue weighted by molar-refractivity contribution is -0.141. The van der Waals surface area contributed by atoms with Crippen molar-refractivity contribution in [2.75, 3.05) is 19.7 Å². The molecule has 5 nitrogen and oxygen atoms in total. The van der Waals surface area contributed by atoms with Crippen molar-refractivity contribution in [2.45, 2.75) is 38.6 Å². The summed E-state index contributed by atoms with van der Waals surface area (Å²) in [5.41, 5.74) is 6.05. The third kappa shape index (κ3) is 6.49. The molecule has 1 aromatic rings. The Balaban J connectivity index is 0.00000264. The molecular weight excluding hydrogens is 336 g/mol. The molecule has 0 bridgehead atoms. The molecule has 2 heterocycles. The van der Waals surface area contributed by atoms with Crippen LogP contribution in [0.25, 0.3) is 0 Å². The van der Waals surface area contributed by atoms with E-state index in [1.165, 1.54) is 6.92 Å². The predicted octanol–water partition coefficient (Wildman–Crippen LogP) is 2.23. The van der Waals surface area contributed by atoms with E-state index in [0.29, 0.717) is 18.9 Å². The Hall–Kier alpha value is -1.11. The van der Waals surface area contributed by atoms with Crippen molar-refractivity contribution < 1.29 is 14.3 Å². The van der Waals surface area contributed by atoms with Gasteiger partial charge < -0.3 is 15.4 Å². The fourth-order valence-electron chi connectivity index (χ4n) is 2.78. The van der Waals surface area contributed by atoms with Crippen molar-refractivity contribution in [1.29, 1.82) is 0 Å². The van der Waals surface area contributed by atoms with Crippen LogP contribution in [0.4, 0.5) is 0 Å². The monoisotopic (exact) mass is 360 g/mol. The van der Waals surface area contributed by atoms with Crippen LogP contribution in [-0.2, 0) is 20.7 Å². The molecule has 1 amide bonds. The molecule has 0 aromatic carbocycles. The molecule has 0 spiro atoms. The summed E-state index contributed by atoms with van der Waals surface area (Å²) in [6.07, 6.45) is 3.41. The zero-order valence-corrected chi connectivity index (χ0v) is 15.0. The first-order chi connectivity index (χ1) is 10.6. The number of thiophene rings is 1. The van der Waals surface area contributed by atoms with Crippen LogP contribution in [0.2, 0.25) is 0 Å². The first-order valence-corrected chi connectivity index (χ1v) is 8.64. The molecule has 1 aliphatic heterocycles. The number of rotatable bonds is 6. The van der Waals surface area contributed by atoms with E-state index in [9.17, 15) is 9.59 Å². The molecule has 0 radical (unpaired) electrons.